The van der Waals surface area contributed by atoms with E-state index in [0.29, 0.717) is 0 Å². The summed E-state index contributed by atoms with van der Waals surface area (Å²) in [7, 11) is 0. The van der Waals surface area contributed by atoms with Crippen molar-refractivity contribution in [1.82, 2.24) is 0 Å². The van der Waals surface area contributed by atoms with Gasteiger partial charge in [0.15, 0.2) is 0 Å². The summed E-state index contributed by atoms with van der Waals surface area (Å²) >= 11 is 0. The van der Waals surface area contributed by atoms with Gasteiger partial charge in [0.25, 0.3) is 0 Å². The molecule has 1 rings (SSSR count). The van der Waals surface area contributed by atoms with Crippen molar-refractivity contribution >= 4 is 0 Å². The first-order valence-electron chi connectivity index (χ1n) is 5.20. The van der Waals surface area contributed by atoms with E-state index in [9.17, 15) is 0 Å². The number of nitrogens with one attached hydrogen (secondary N) is 1. The molecule has 0 saturated carbocycles. The zero-order valence-electron chi connectivity index (χ0n) is 10.4. The van der Waals surface area contributed by atoms with E-state index < -0.39 is 0 Å². The Balaban J connectivity index is 0. The fourth-order valence-corrected chi connectivity index (χ4v) is 1.10. The van der Waals surface area contributed by atoms with Gasteiger partial charge in [0.1, 0.15) is 0 Å². The van der Waals surface area contributed by atoms with Gasteiger partial charge < -0.3 is 5.73 Å². The molecule has 1 nitrogen and oxygen atoms in total. The molecule has 0 radical (unpaired) electrons. The Bertz CT molecular complexity index is 254. The number of hydrogen-bond donors (Lipinski definition) is 0. The Morgan fingerprint density at radius 1 is 1.27 bits per heavy atom. The molecular weight excluding hydrogens is 209 g/mol. The molecule has 15 heavy (non-hydrogen) atoms. The predicted molar refractivity (Wildman–Crippen MR) is 64.4 cm³/mol. The summed E-state index contributed by atoms with van der Waals surface area (Å²) in [4.78, 5) is 0. The molecule has 1 aromatic carbocycles. The first kappa shape index (κ1) is 17.9. The standard InChI is InChI=1S/C11H14N.C2H6.K/c1-3-9-5-7-10(8-6-9)11(12)4-2;1-2;/h4-8,11-12H,2-3H2,1H3;1-2H3;/q-1;;+1. The Morgan fingerprint density at radius 2 is 1.73 bits per heavy atom. The quantitative estimate of drug-likeness (QED) is 0.555. The maximum Gasteiger partial charge on any atom is 1.00 e. The molecule has 0 saturated heterocycles. The third-order valence-corrected chi connectivity index (χ3v) is 1.98. The summed E-state index contributed by atoms with van der Waals surface area (Å²) in [5, 5.41) is 0. The predicted octanol–water partition coefficient (Wildman–Crippen LogP) is 1.56. The number of aryl methyl sites for hydroxylation is 1. The van der Waals surface area contributed by atoms with Crippen LogP contribution in [0.15, 0.2) is 36.9 Å². The summed E-state index contributed by atoms with van der Waals surface area (Å²) < 4.78 is 0. The van der Waals surface area contributed by atoms with Crippen LogP contribution < -0.4 is 51.4 Å². The van der Waals surface area contributed by atoms with Crippen LogP contribution in [0.2, 0.25) is 0 Å². The van der Waals surface area contributed by atoms with Crippen LogP contribution in [-0.2, 0) is 6.42 Å². The molecule has 1 N–H and O–H groups in total. The second-order valence-corrected chi connectivity index (χ2v) is 2.81. The van der Waals surface area contributed by atoms with Crippen LogP contribution in [-0.4, -0.2) is 0 Å². The topological polar surface area (TPSA) is 23.8 Å². The average Bonchev–Trinajstić information content (AvgIpc) is 2.31. The molecule has 2 heteroatoms. The van der Waals surface area contributed by atoms with Gasteiger partial charge in [0.2, 0.25) is 0 Å². The molecule has 0 aliphatic carbocycles. The van der Waals surface area contributed by atoms with E-state index in [0.717, 1.165) is 12.0 Å². The summed E-state index contributed by atoms with van der Waals surface area (Å²) in [6.45, 7) is 9.72. The Hall–Kier alpha value is 0.556. The summed E-state index contributed by atoms with van der Waals surface area (Å²) in [5.41, 5.74) is 9.90. The average molecular weight is 229 g/mol. The Kier molecular flexibility index (Phi) is 13.2. The molecule has 1 unspecified atom stereocenters. The summed E-state index contributed by atoms with van der Waals surface area (Å²) in [6.07, 6.45) is 2.69. The van der Waals surface area contributed by atoms with E-state index in [2.05, 4.69) is 25.6 Å². The van der Waals surface area contributed by atoms with E-state index in [4.69, 9.17) is 5.73 Å². The van der Waals surface area contributed by atoms with Gasteiger partial charge in [-0.05, 0) is 12.0 Å². The molecule has 0 aromatic heterocycles. The second kappa shape index (κ2) is 11.1. The van der Waals surface area contributed by atoms with Crippen molar-refractivity contribution in [3.63, 3.8) is 0 Å². The van der Waals surface area contributed by atoms with Gasteiger partial charge >= 0.3 is 51.4 Å². The van der Waals surface area contributed by atoms with E-state index in [1.807, 2.05) is 26.0 Å². The Labute approximate surface area is 137 Å². The molecule has 0 bridgehead atoms. The molecular formula is C13H20KN. The third kappa shape index (κ3) is 6.66. The largest absolute Gasteiger partial charge is 1.00 e. The SMILES string of the molecule is C=CC([NH-])c1ccc(CC)cc1.CC.[K+]. The fraction of sp³-hybridized carbons (Fsp3) is 0.385. The number of benzene rings is 1. The van der Waals surface area contributed by atoms with Crippen molar-refractivity contribution in [1.29, 1.82) is 0 Å². The minimum Gasteiger partial charge on any atom is -0.668 e. The summed E-state index contributed by atoms with van der Waals surface area (Å²) in [5.74, 6) is 0. The van der Waals surface area contributed by atoms with Crippen LogP contribution in [0, 0.1) is 0 Å². The van der Waals surface area contributed by atoms with Gasteiger partial charge in [0, 0.05) is 0 Å². The van der Waals surface area contributed by atoms with Crippen molar-refractivity contribution in [2.75, 3.05) is 0 Å². The molecule has 0 fully saturated rings. The van der Waals surface area contributed by atoms with Crippen LogP contribution in [0.1, 0.15) is 37.9 Å². The maximum atomic E-state index is 7.57. The molecule has 0 heterocycles. The minimum atomic E-state index is -0.282. The third-order valence-electron chi connectivity index (χ3n) is 1.98. The first-order valence-corrected chi connectivity index (χ1v) is 5.20. The van der Waals surface area contributed by atoms with Crippen molar-refractivity contribution in [3.8, 4) is 0 Å². The van der Waals surface area contributed by atoms with E-state index in [-0.39, 0.29) is 57.4 Å². The zero-order chi connectivity index (χ0) is 11.0. The van der Waals surface area contributed by atoms with Gasteiger partial charge in [-0.3, -0.25) is 0 Å². The van der Waals surface area contributed by atoms with E-state index in [1.54, 1.807) is 6.08 Å². The van der Waals surface area contributed by atoms with Crippen LogP contribution in [0.5, 0.6) is 0 Å². The van der Waals surface area contributed by atoms with Crippen LogP contribution in [0.25, 0.3) is 5.73 Å². The molecule has 0 amide bonds. The van der Waals surface area contributed by atoms with Crippen molar-refractivity contribution in [2.24, 2.45) is 0 Å². The monoisotopic (exact) mass is 229 g/mol. The molecule has 1 atom stereocenters. The van der Waals surface area contributed by atoms with E-state index in [1.165, 1.54) is 5.56 Å². The van der Waals surface area contributed by atoms with Gasteiger partial charge in [0.05, 0.1) is 0 Å². The van der Waals surface area contributed by atoms with Crippen LogP contribution in [0.4, 0.5) is 0 Å². The van der Waals surface area contributed by atoms with Crippen molar-refractivity contribution < 1.29 is 51.4 Å². The molecule has 1 aromatic rings. The second-order valence-electron chi connectivity index (χ2n) is 2.81. The summed E-state index contributed by atoms with van der Waals surface area (Å²) in [6, 6.07) is 7.85. The van der Waals surface area contributed by atoms with Gasteiger partial charge in [-0.2, -0.15) is 0 Å². The number of hydrogen-bond acceptors (Lipinski definition) is 0. The van der Waals surface area contributed by atoms with Gasteiger partial charge in [-0.25, -0.2) is 0 Å². The van der Waals surface area contributed by atoms with Crippen LogP contribution >= 0.6 is 0 Å². The maximum absolute atomic E-state index is 7.57. The number of rotatable bonds is 3. The first-order chi connectivity index (χ1) is 6.77. The molecule has 0 spiro atoms. The molecule has 0 aliphatic rings. The smallest absolute Gasteiger partial charge is 0.668 e. The van der Waals surface area contributed by atoms with Crippen molar-refractivity contribution in [3.05, 3.63) is 53.8 Å². The minimum absolute atomic E-state index is 0. The van der Waals surface area contributed by atoms with Gasteiger partial charge in [-0.15, -0.1) is 12.7 Å². The Morgan fingerprint density at radius 3 is 2.07 bits per heavy atom. The zero-order valence-corrected chi connectivity index (χ0v) is 13.5. The van der Waals surface area contributed by atoms with E-state index >= 15 is 0 Å². The fourth-order valence-electron chi connectivity index (χ4n) is 1.10. The van der Waals surface area contributed by atoms with Crippen molar-refractivity contribution in [2.45, 2.75) is 33.2 Å². The van der Waals surface area contributed by atoms with Crippen LogP contribution in [0.3, 0.4) is 0 Å². The normalized spacial score (nSPS) is 10.4. The van der Waals surface area contributed by atoms with Gasteiger partial charge in [-0.1, -0.05) is 56.6 Å². The molecule has 78 valence electrons. The molecule has 0 aliphatic heterocycles.